The lowest BCUT2D eigenvalue weighted by Crippen LogP contribution is -2.17. The quantitative estimate of drug-likeness (QED) is 0.863. The van der Waals surface area contributed by atoms with Gasteiger partial charge in [0.1, 0.15) is 18.2 Å². The van der Waals surface area contributed by atoms with Crippen molar-refractivity contribution in [2.45, 2.75) is 26.7 Å². The highest BCUT2D eigenvalue weighted by Crippen LogP contribution is 2.31. The molecule has 0 fully saturated rings. The Morgan fingerprint density at radius 1 is 1.45 bits per heavy atom. The first kappa shape index (κ1) is 14.3. The van der Waals surface area contributed by atoms with Crippen molar-refractivity contribution in [3.63, 3.8) is 0 Å². The van der Waals surface area contributed by atoms with Crippen molar-refractivity contribution < 1.29 is 9.13 Å². The number of nitrogens with one attached hydrogen (secondary N) is 1. The van der Waals surface area contributed by atoms with Crippen LogP contribution in [-0.4, -0.2) is 11.6 Å². The van der Waals surface area contributed by atoms with Crippen molar-refractivity contribution in [1.82, 2.24) is 4.98 Å². The molecule has 106 valence electrons. The Morgan fingerprint density at radius 2 is 2.15 bits per heavy atom. The van der Waals surface area contributed by atoms with Crippen LogP contribution in [0, 0.1) is 5.82 Å². The molecule has 0 bridgehead atoms. The van der Waals surface area contributed by atoms with E-state index in [0.717, 1.165) is 5.57 Å². The van der Waals surface area contributed by atoms with E-state index in [1.807, 2.05) is 20.8 Å². The first-order valence-corrected chi connectivity index (χ1v) is 6.52. The molecule has 2 aromatic rings. The number of rotatable bonds is 4. The van der Waals surface area contributed by atoms with Gasteiger partial charge in [0.15, 0.2) is 0 Å². The number of hydrogen-bond acceptors (Lipinski definition) is 2. The highest BCUT2D eigenvalue weighted by Gasteiger charge is 2.17. The summed E-state index contributed by atoms with van der Waals surface area (Å²) in [5.41, 5.74) is 1.74. The number of fused-ring (bicyclic) bond motifs is 1. The van der Waals surface area contributed by atoms with E-state index in [2.05, 4.69) is 11.6 Å². The van der Waals surface area contributed by atoms with Crippen molar-refractivity contribution in [2.75, 3.05) is 6.61 Å². The third kappa shape index (κ3) is 2.74. The number of ether oxygens (including phenoxy) is 1. The Morgan fingerprint density at radius 3 is 2.75 bits per heavy atom. The molecule has 0 unspecified atom stereocenters. The largest absolute Gasteiger partial charge is 0.488 e. The van der Waals surface area contributed by atoms with Crippen LogP contribution in [0.5, 0.6) is 5.75 Å². The van der Waals surface area contributed by atoms with Crippen LogP contribution in [0.3, 0.4) is 0 Å². The zero-order chi connectivity index (χ0) is 14.9. The minimum atomic E-state index is -0.362. The summed E-state index contributed by atoms with van der Waals surface area (Å²) < 4.78 is 19.2. The second kappa shape index (κ2) is 5.49. The topological polar surface area (TPSA) is 42.1 Å². The summed E-state index contributed by atoms with van der Waals surface area (Å²) >= 11 is 0. The molecule has 0 aliphatic carbocycles. The molecule has 0 spiro atoms. The first-order chi connectivity index (χ1) is 9.40. The zero-order valence-electron chi connectivity index (χ0n) is 11.9. The molecule has 3 nitrogen and oxygen atoms in total. The molecule has 1 heterocycles. The molecule has 0 saturated heterocycles. The van der Waals surface area contributed by atoms with E-state index in [1.165, 1.54) is 12.1 Å². The van der Waals surface area contributed by atoms with Gasteiger partial charge in [-0.05, 0) is 36.6 Å². The van der Waals surface area contributed by atoms with Gasteiger partial charge in [-0.1, -0.05) is 20.4 Å². The number of halogens is 1. The van der Waals surface area contributed by atoms with Crippen LogP contribution in [0.1, 0.15) is 32.3 Å². The molecule has 20 heavy (non-hydrogen) atoms. The number of hydrogen-bond donors (Lipinski definition) is 1. The molecule has 0 aliphatic heterocycles. The molecular weight excluding hydrogens is 257 g/mol. The van der Waals surface area contributed by atoms with E-state index in [1.54, 1.807) is 6.07 Å². The Hall–Kier alpha value is -2.10. The SMILES string of the molecule is C=C(C)COc1c(C(C)C)c(=O)[nH]c2ccc(F)cc12. The van der Waals surface area contributed by atoms with Crippen molar-refractivity contribution in [3.8, 4) is 5.75 Å². The molecule has 1 N–H and O–H groups in total. The van der Waals surface area contributed by atoms with Gasteiger partial charge in [-0.3, -0.25) is 4.79 Å². The minimum Gasteiger partial charge on any atom is -0.488 e. The molecule has 0 atom stereocenters. The van der Waals surface area contributed by atoms with Crippen LogP contribution in [0.25, 0.3) is 10.9 Å². The van der Waals surface area contributed by atoms with Gasteiger partial charge in [-0.2, -0.15) is 0 Å². The summed E-state index contributed by atoms with van der Waals surface area (Å²) in [5, 5.41) is 0.578. The lowest BCUT2D eigenvalue weighted by molar-refractivity contribution is 0.350. The monoisotopic (exact) mass is 275 g/mol. The van der Waals surface area contributed by atoms with Gasteiger partial charge in [-0.15, -0.1) is 0 Å². The molecule has 0 amide bonds. The van der Waals surface area contributed by atoms with Gasteiger partial charge in [0.2, 0.25) is 0 Å². The predicted octanol–water partition coefficient (Wildman–Crippen LogP) is 3.75. The molecule has 1 aromatic heterocycles. The van der Waals surface area contributed by atoms with E-state index in [4.69, 9.17) is 4.74 Å². The normalized spacial score (nSPS) is 11.1. The molecule has 0 aliphatic rings. The highest BCUT2D eigenvalue weighted by atomic mass is 19.1. The summed E-state index contributed by atoms with van der Waals surface area (Å²) in [7, 11) is 0. The number of benzene rings is 1. The lowest BCUT2D eigenvalue weighted by Gasteiger charge is -2.16. The summed E-state index contributed by atoms with van der Waals surface area (Å²) in [4.78, 5) is 14.9. The van der Waals surface area contributed by atoms with E-state index >= 15 is 0 Å². The third-order valence-corrected chi connectivity index (χ3v) is 3.00. The Labute approximate surface area is 117 Å². The number of aromatic nitrogens is 1. The van der Waals surface area contributed by atoms with Crippen molar-refractivity contribution in [1.29, 1.82) is 0 Å². The van der Waals surface area contributed by atoms with Gasteiger partial charge in [-0.25, -0.2) is 4.39 Å². The molecule has 0 radical (unpaired) electrons. The fraction of sp³-hybridized carbons (Fsp3) is 0.312. The smallest absolute Gasteiger partial charge is 0.255 e. The summed E-state index contributed by atoms with van der Waals surface area (Å²) in [6.45, 7) is 9.73. The molecule has 4 heteroatoms. The number of H-pyrrole nitrogens is 1. The van der Waals surface area contributed by atoms with Crippen LogP contribution in [0.4, 0.5) is 4.39 Å². The summed E-state index contributed by atoms with van der Waals surface area (Å²) in [5.74, 6) is 0.0622. The van der Waals surface area contributed by atoms with Crippen LogP contribution < -0.4 is 10.3 Å². The number of pyridine rings is 1. The molecular formula is C16H18FNO2. The maximum absolute atomic E-state index is 13.5. The second-order valence-corrected chi connectivity index (χ2v) is 5.29. The standard InChI is InChI=1S/C16H18FNO2/c1-9(2)8-20-15-12-7-11(17)5-6-13(12)18-16(19)14(15)10(3)4/h5-7,10H,1,8H2,2-4H3,(H,18,19). The van der Waals surface area contributed by atoms with Crippen LogP contribution >= 0.6 is 0 Å². The lowest BCUT2D eigenvalue weighted by atomic mass is 10.0. The average Bonchev–Trinajstić information content (AvgIpc) is 2.35. The van der Waals surface area contributed by atoms with Crippen LogP contribution in [0.15, 0.2) is 35.1 Å². The highest BCUT2D eigenvalue weighted by molar-refractivity contribution is 5.86. The van der Waals surface area contributed by atoms with Crippen LogP contribution in [-0.2, 0) is 0 Å². The van der Waals surface area contributed by atoms with Crippen molar-refractivity contribution in [2.24, 2.45) is 0 Å². The van der Waals surface area contributed by atoms with E-state index in [-0.39, 0.29) is 17.3 Å². The Balaban J connectivity index is 2.74. The fourth-order valence-corrected chi connectivity index (χ4v) is 2.13. The van der Waals surface area contributed by atoms with Gasteiger partial charge in [0, 0.05) is 5.39 Å². The summed E-state index contributed by atoms with van der Waals surface area (Å²) in [6, 6.07) is 4.24. The predicted molar refractivity (Wildman–Crippen MR) is 78.9 cm³/mol. The Kier molecular flexibility index (Phi) is 3.93. The minimum absolute atomic E-state index is 0.0217. The third-order valence-electron chi connectivity index (χ3n) is 3.00. The molecule has 2 rings (SSSR count). The van der Waals surface area contributed by atoms with Gasteiger partial charge >= 0.3 is 0 Å². The Bertz CT molecular complexity index is 716. The van der Waals surface area contributed by atoms with E-state index in [0.29, 0.717) is 28.8 Å². The van der Waals surface area contributed by atoms with Gasteiger partial charge in [0.05, 0.1) is 11.1 Å². The molecule has 1 aromatic carbocycles. The van der Waals surface area contributed by atoms with E-state index in [9.17, 15) is 9.18 Å². The second-order valence-electron chi connectivity index (χ2n) is 5.29. The first-order valence-electron chi connectivity index (χ1n) is 6.52. The van der Waals surface area contributed by atoms with Gasteiger partial charge in [0.25, 0.3) is 5.56 Å². The maximum Gasteiger partial charge on any atom is 0.255 e. The average molecular weight is 275 g/mol. The van der Waals surface area contributed by atoms with Crippen LogP contribution in [0.2, 0.25) is 0 Å². The van der Waals surface area contributed by atoms with E-state index < -0.39 is 0 Å². The van der Waals surface area contributed by atoms with Crippen molar-refractivity contribution >= 4 is 10.9 Å². The van der Waals surface area contributed by atoms with Gasteiger partial charge < -0.3 is 9.72 Å². The zero-order valence-corrected chi connectivity index (χ0v) is 11.9. The number of aromatic amines is 1. The maximum atomic E-state index is 13.5. The molecule has 0 saturated carbocycles. The fourth-order valence-electron chi connectivity index (χ4n) is 2.13. The van der Waals surface area contributed by atoms with Crippen molar-refractivity contribution in [3.05, 3.63) is 52.1 Å². The summed E-state index contributed by atoms with van der Waals surface area (Å²) in [6.07, 6.45) is 0.